The molecular weight excluding hydrogens is 324 g/mol. The topological polar surface area (TPSA) is 52.0 Å². The second-order valence-corrected chi connectivity index (χ2v) is 6.14. The van der Waals surface area contributed by atoms with Crippen LogP contribution in [0.2, 0.25) is 0 Å². The van der Waals surface area contributed by atoms with Crippen molar-refractivity contribution in [2.75, 3.05) is 19.5 Å². The van der Waals surface area contributed by atoms with Crippen molar-refractivity contribution in [2.24, 2.45) is 7.05 Å². The van der Waals surface area contributed by atoms with Crippen molar-refractivity contribution >= 4 is 33.2 Å². The number of nitrogens with zero attached hydrogens (tertiary/aromatic N) is 3. The van der Waals surface area contributed by atoms with Gasteiger partial charge in [-0.2, -0.15) is 5.10 Å². The lowest BCUT2D eigenvalue weighted by Crippen LogP contribution is -2.01. The zero-order chi connectivity index (χ0) is 16.8. The van der Waals surface area contributed by atoms with E-state index in [1.54, 1.807) is 7.11 Å². The Balaban J connectivity index is 2.02. The Labute approximate surface area is 144 Å². The van der Waals surface area contributed by atoms with E-state index in [-0.39, 0.29) is 0 Å². The number of hydrogen-bond acceptors (Lipinski definition) is 4. The molecule has 0 amide bonds. The highest BCUT2D eigenvalue weighted by Gasteiger charge is 2.23. The molecule has 122 valence electrons. The van der Waals surface area contributed by atoms with Crippen molar-refractivity contribution in [3.05, 3.63) is 41.7 Å². The smallest absolute Gasteiger partial charge is 0.119 e. The van der Waals surface area contributed by atoms with Crippen LogP contribution in [0.3, 0.4) is 0 Å². The second kappa shape index (κ2) is 5.53. The van der Waals surface area contributed by atoms with Gasteiger partial charge in [0, 0.05) is 48.3 Å². The normalized spacial score (nSPS) is 13.1. The molecule has 0 saturated heterocycles. The molecule has 1 N–H and O–H groups in total. The second-order valence-electron chi connectivity index (χ2n) is 5.73. The van der Waals surface area contributed by atoms with E-state index < -0.39 is 0 Å². The molecule has 0 unspecified atom stereocenters. The highest BCUT2D eigenvalue weighted by molar-refractivity contribution is 6.50. The van der Waals surface area contributed by atoms with E-state index in [0.29, 0.717) is 0 Å². The van der Waals surface area contributed by atoms with Crippen LogP contribution in [0, 0.1) is 0 Å². The van der Waals surface area contributed by atoms with Crippen LogP contribution in [0.5, 0.6) is 5.75 Å². The first kappa shape index (κ1) is 15.0. The summed E-state index contributed by atoms with van der Waals surface area (Å²) in [5, 5.41) is 9.75. The van der Waals surface area contributed by atoms with Gasteiger partial charge in [0.15, 0.2) is 0 Å². The van der Waals surface area contributed by atoms with Gasteiger partial charge in [0.1, 0.15) is 11.4 Å². The molecule has 2 heterocycles. The van der Waals surface area contributed by atoms with Crippen LogP contribution in [-0.4, -0.2) is 28.9 Å². The van der Waals surface area contributed by atoms with Crippen LogP contribution in [0.25, 0.3) is 27.2 Å². The van der Waals surface area contributed by atoms with Gasteiger partial charge in [-0.15, -0.1) is 0 Å². The molecule has 0 saturated carbocycles. The summed E-state index contributed by atoms with van der Waals surface area (Å²) in [6.07, 6.45) is 4.62. The van der Waals surface area contributed by atoms with E-state index in [1.807, 2.05) is 49.2 Å². The number of fused-ring (bicyclic) bond motifs is 2. The van der Waals surface area contributed by atoms with E-state index >= 15 is 0 Å². The minimum absolute atomic E-state index is 0.738. The summed E-state index contributed by atoms with van der Waals surface area (Å²) in [7, 11) is 5.50. The van der Waals surface area contributed by atoms with Crippen molar-refractivity contribution in [3.63, 3.8) is 0 Å². The molecule has 0 bridgehead atoms. The number of rotatable bonds is 3. The molecule has 3 aromatic rings. The maximum Gasteiger partial charge on any atom is 0.119 e. The van der Waals surface area contributed by atoms with Gasteiger partial charge in [-0.1, -0.05) is 17.7 Å². The Morgan fingerprint density at radius 1 is 1.33 bits per heavy atom. The van der Waals surface area contributed by atoms with Gasteiger partial charge in [-0.05, 0) is 18.2 Å². The summed E-state index contributed by atoms with van der Waals surface area (Å²) in [6.45, 7) is 0. The molecular formula is C18H17ClN4O. The Morgan fingerprint density at radius 3 is 2.92 bits per heavy atom. The summed E-state index contributed by atoms with van der Waals surface area (Å²) < 4.78 is 7.24. The molecule has 24 heavy (non-hydrogen) atoms. The number of anilines is 1. The zero-order valence-corrected chi connectivity index (χ0v) is 14.5. The van der Waals surface area contributed by atoms with Crippen LogP contribution in [0.4, 0.5) is 5.69 Å². The third-order valence-corrected chi connectivity index (χ3v) is 4.78. The molecule has 4 rings (SSSR count). The van der Waals surface area contributed by atoms with E-state index in [4.69, 9.17) is 21.4 Å². The molecule has 5 nitrogen and oxygen atoms in total. The molecule has 0 atom stereocenters. The molecule has 0 aliphatic heterocycles. The molecule has 0 radical (unpaired) electrons. The standard InChI is InChI=1S/C18H17ClN4O/c1-20-18-12(9-21-14-6-5-13(19)16(14)18)17-11-8-10(24-3)4-7-15(11)23(2)22-17/h4-5,7-9H,6H2,1-3H3,(H,20,21). The third kappa shape index (κ3) is 2.08. The lowest BCUT2D eigenvalue weighted by Gasteiger charge is -2.13. The molecule has 0 fully saturated rings. The van der Waals surface area contributed by atoms with Crippen molar-refractivity contribution in [1.29, 1.82) is 0 Å². The van der Waals surface area contributed by atoms with E-state index in [1.165, 1.54) is 0 Å². The van der Waals surface area contributed by atoms with Crippen molar-refractivity contribution in [1.82, 2.24) is 14.8 Å². The first-order valence-electron chi connectivity index (χ1n) is 7.70. The lowest BCUT2D eigenvalue weighted by atomic mass is 10.0. The summed E-state index contributed by atoms with van der Waals surface area (Å²) >= 11 is 6.39. The summed E-state index contributed by atoms with van der Waals surface area (Å²) in [5.74, 6) is 0.801. The largest absolute Gasteiger partial charge is 0.497 e. The highest BCUT2D eigenvalue weighted by Crippen LogP contribution is 2.42. The lowest BCUT2D eigenvalue weighted by molar-refractivity contribution is 0.415. The number of hydrogen-bond donors (Lipinski definition) is 1. The minimum atomic E-state index is 0.738. The predicted molar refractivity (Wildman–Crippen MR) is 97.6 cm³/mol. The minimum Gasteiger partial charge on any atom is -0.497 e. The monoisotopic (exact) mass is 340 g/mol. The molecule has 1 aliphatic carbocycles. The maximum absolute atomic E-state index is 6.39. The number of methoxy groups -OCH3 is 1. The Hall–Kier alpha value is -2.53. The number of halogens is 1. The first-order chi connectivity index (χ1) is 11.6. The van der Waals surface area contributed by atoms with E-state index in [0.717, 1.165) is 56.3 Å². The van der Waals surface area contributed by atoms with Crippen LogP contribution in [-0.2, 0) is 13.5 Å². The molecule has 1 aromatic carbocycles. The fraction of sp³-hybridized carbons (Fsp3) is 0.222. The van der Waals surface area contributed by atoms with Gasteiger partial charge in [0.2, 0.25) is 0 Å². The summed E-state index contributed by atoms with van der Waals surface area (Å²) in [4.78, 5) is 4.60. The van der Waals surface area contributed by atoms with Crippen LogP contribution >= 0.6 is 11.6 Å². The number of allylic oxidation sites excluding steroid dienone is 1. The van der Waals surface area contributed by atoms with Gasteiger partial charge < -0.3 is 10.1 Å². The van der Waals surface area contributed by atoms with Crippen LogP contribution < -0.4 is 10.1 Å². The third-order valence-electron chi connectivity index (χ3n) is 4.43. The number of aromatic nitrogens is 3. The van der Waals surface area contributed by atoms with E-state index in [9.17, 15) is 0 Å². The molecule has 2 aromatic heterocycles. The predicted octanol–water partition coefficient (Wildman–Crippen LogP) is 3.82. The van der Waals surface area contributed by atoms with Gasteiger partial charge in [-0.3, -0.25) is 9.67 Å². The zero-order valence-electron chi connectivity index (χ0n) is 13.7. The SMILES string of the molecule is CNc1c(-c2nn(C)c3ccc(OC)cc23)cnc2c1C(Cl)=CC2. The number of nitrogens with one attached hydrogen (secondary N) is 1. The highest BCUT2D eigenvalue weighted by atomic mass is 35.5. The first-order valence-corrected chi connectivity index (χ1v) is 8.08. The summed E-state index contributed by atoms with van der Waals surface area (Å²) in [6, 6.07) is 5.95. The average Bonchev–Trinajstić information content (AvgIpc) is 3.14. The Kier molecular flexibility index (Phi) is 3.46. The Bertz CT molecular complexity index is 990. The van der Waals surface area contributed by atoms with Gasteiger partial charge in [0.05, 0.1) is 24.0 Å². The summed E-state index contributed by atoms with van der Waals surface area (Å²) in [5.41, 5.74) is 5.76. The van der Waals surface area contributed by atoms with Gasteiger partial charge in [0.25, 0.3) is 0 Å². The quantitative estimate of drug-likeness (QED) is 0.787. The maximum atomic E-state index is 6.39. The number of ether oxygens (including phenoxy) is 1. The molecule has 0 spiro atoms. The van der Waals surface area contributed by atoms with Gasteiger partial charge >= 0.3 is 0 Å². The van der Waals surface area contributed by atoms with E-state index in [2.05, 4.69) is 10.3 Å². The van der Waals surface area contributed by atoms with Crippen molar-refractivity contribution in [3.8, 4) is 17.0 Å². The average molecular weight is 341 g/mol. The number of aryl methyl sites for hydroxylation is 1. The number of pyridine rings is 1. The van der Waals surface area contributed by atoms with Crippen LogP contribution in [0.1, 0.15) is 11.3 Å². The fourth-order valence-corrected chi connectivity index (χ4v) is 3.54. The van der Waals surface area contributed by atoms with Crippen molar-refractivity contribution < 1.29 is 4.74 Å². The molecule has 6 heteroatoms. The van der Waals surface area contributed by atoms with Crippen LogP contribution in [0.15, 0.2) is 30.5 Å². The van der Waals surface area contributed by atoms with Gasteiger partial charge in [-0.25, -0.2) is 0 Å². The number of benzene rings is 1. The fourth-order valence-electron chi connectivity index (χ4n) is 3.26. The Morgan fingerprint density at radius 2 is 2.17 bits per heavy atom. The molecule has 1 aliphatic rings. The van der Waals surface area contributed by atoms with Crippen molar-refractivity contribution in [2.45, 2.75) is 6.42 Å².